The van der Waals surface area contributed by atoms with Crippen molar-refractivity contribution in [2.75, 3.05) is 13.2 Å². The third-order valence-corrected chi connectivity index (χ3v) is 15.0. The molecule has 10 atom stereocenters. The Hall–Kier alpha value is -6.94. The fourth-order valence-electron chi connectivity index (χ4n) is 11.8. The van der Waals surface area contributed by atoms with Crippen molar-refractivity contribution in [1.29, 1.82) is 0 Å². The van der Waals surface area contributed by atoms with Crippen LogP contribution in [-0.4, -0.2) is 134 Å². The number of fused-ring (bicyclic) bond motifs is 20. The highest BCUT2D eigenvalue weighted by molar-refractivity contribution is 6.32. The fraction of sp³-hybridized carbons (Fsp3) is 0.269. The number of nitrogens with zero attached hydrogens (tertiary/aromatic N) is 2. The first-order valence-electron chi connectivity index (χ1n) is 23.2. The lowest BCUT2D eigenvalue weighted by Crippen LogP contribution is -2.56. The Morgan fingerprint density at radius 1 is 0.471 bits per heavy atom. The van der Waals surface area contributed by atoms with Crippen LogP contribution < -0.4 is 10.6 Å². The number of rotatable bonds is 4. The number of ether oxygens (including phenoxy) is 2. The number of aliphatic hydroxyl groups is 8. The summed E-state index contributed by atoms with van der Waals surface area (Å²) in [5.41, 5.74) is 9.04. The van der Waals surface area contributed by atoms with E-state index in [-0.39, 0.29) is 11.8 Å². The minimum Gasteiger partial charge on any atom is -0.394 e. The Labute approximate surface area is 394 Å². The Morgan fingerprint density at radius 2 is 0.871 bits per heavy atom. The number of aromatic amines is 2. The second kappa shape index (κ2) is 15.8. The van der Waals surface area contributed by atoms with Gasteiger partial charge in [0.2, 0.25) is 0 Å². The highest BCUT2D eigenvalue weighted by atomic mass is 16.6. The summed E-state index contributed by atoms with van der Waals surface area (Å²) in [4.78, 5) is 33.2. The first-order valence-corrected chi connectivity index (χ1v) is 23.2. The molecule has 4 aromatic heterocycles. The van der Waals surface area contributed by atoms with Gasteiger partial charge in [-0.2, -0.15) is 0 Å². The van der Waals surface area contributed by atoms with Crippen LogP contribution in [-0.2, 0) is 22.6 Å². The second-order valence-corrected chi connectivity index (χ2v) is 18.6. The largest absolute Gasteiger partial charge is 0.394 e. The predicted octanol–water partition coefficient (Wildman–Crippen LogP) is 3.29. The number of nitrogens with one attached hydrogen (secondary N) is 4. The zero-order valence-corrected chi connectivity index (χ0v) is 36.9. The fourth-order valence-corrected chi connectivity index (χ4v) is 11.8. The molecule has 2 saturated heterocycles. The molecule has 6 aromatic carbocycles. The quantitative estimate of drug-likeness (QED) is 0.121. The zero-order valence-electron chi connectivity index (χ0n) is 36.9. The molecule has 12 N–H and O–H groups in total. The molecule has 18 nitrogen and oxygen atoms in total. The lowest BCUT2D eigenvalue weighted by molar-refractivity contribution is -0.249. The molecule has 0 unspecified atom stereocenters. The normalized spacial score (nSPS) is 26.7. The number of hydrogen-bond acceptors (Lipinski definition) is 12. The van der Waals surface area contributed by atoms with Crippen LogP contribution in [0.3, 0.4) is 0 Å². The van der Waals surface area contributed by atoms with Gasteiger partial charge in [-0.05, 0) is 35.4 Å². The van der Waals surface area contributed by atoms with Crippen molar-refractivity contribution in [3.8, 4) is 0 Å². The van der Waals surface area contributed by atoms with Crippen molar-refractivity contribution >= 4 is 99.0 Å². The van der Waals surface area contributed by atoms with E-state index >= 15 is 0 Å². The number of carbonyl (C=O) groups excluding carboxylic acids is 2. The average Bonchev–Trinajstić information content (AvgIpc) is 4.24. The summed E-state index contributed by atoms with van der Waals surface area (Å²) >= 11 is 0. The predicted molar refractivity (Wildman–Crippen MR) is 258 cm³/mol. The van der Waals surface area contributed by atoms with Gasteiger partial charge in [-0.15, -0.1) is 0 Å². The molecule has 0 bridgehead atoms. The summed E-state index contributed by atoms with van der Waals surface area (Å²) in [7, 11) is 0. The molecule has 2 amide bonds. The molecule has 0 aliphatic carbocycles. The van der Waals surface area contributed by atoms with Gasteiger partial charge in [0.1, 0.15) is 48.8 Å². The van der Waals surface area contributed by atoms with Crippen LogP contribution in [0.15, 0.2) is 97.1 Å². The second-order valence-electron chi connectivity index (χ2n) is 18.6. The monoisotopic (exact) mass is 946 g/mol. The number of amides is 2. The van der Waals surface area contributed by atoms with Crippen LogP contribution in [0.4, 0.5) is 0 Å². The molecular formula is C52H46N6O12. The molecule has 0 radical (unpaired) electrons. The molecule has 10 aromatic rings. The summed E-state index contributed by atoms with van der Waals surface area (Å²) in [5, 5.41) is 96.3. The summed E-state index contributed by atoms with van der Waals surface area (Å²) < 4.78 is 15.6. The number of benzene rings is 6. The molecule has 0 spiro atoms. The van der Waals surface area contributed by atoms with Crippen LogP contribution in [0.25, 0.3) is 87.2 Å². The van der Waals surface area contributed by atoms with Gasteiger partial charge in [0.25, 0.3) is 11.8 Å². The maximum atomic E-state index is 13.2. The van der Waals surface area contributed by atoms with Crippen LogP contribution in [0.5, 0.6) is 0 Å². The van der Waals surface area contributed by atoms with Gasteiger partial charge in [-0.3, -0.25) is 9.59 Å². The molecule has 70 heavy (non-hydrogen) atoms. The van der Waals surface area contributed by atoms with Gasteiger partial charge < -0.3 is 80.1 Å². The molecule has 356 valence electrons. The van der Waals surface area contributed by atoms with E-state index in [9.17, 15) is 50.4 Å². The lowest BCUT2D eigenvalue weighted by atomic mass is 9.96. The smallest absolute Gasteiger partial charge is 0.252 e. The van der Waals surface area contributed by atoms with Crippen molar-refractivity contribution in [2.24, 2.45) is 0 Å². The topological polar surface area (TPSA) is 280 Å². The molecule has 2 fully saturated rings. The van der Waals surface area contributed by atoms with Gasteiger partial charge in [0.15, 0.2) is 12.5 Å². The van der Waals surface area contributed by atoms with E-state index in [0.29, 0.717) is 40.8 Å². The van der Waals surface area contributed by atoms with Gasteiger partial charge in [0, 0.05) is 67.2 Å². The van der Waals surface area contributed by atoms with E-state index in [1.165, 1.54) is 0 Å². The van der Waals surface area contributed by atoms with Crippen molar-refractivity contribution < 1.29 is 59.9 Å². The summed E-state index contributed by atoms with van der Waals surface area (Å²) in [6, 6.07) is 30.7. The Bertz CT molecular complexity index is 3830. The highest BCUT2D eigenvalue weighted by Gasteiger charge is 2.47. The number of aromatic nitrogens is 4. The molecule has 0 saturated carbocycles. The molecule has 14 rings (SSSR count). The standard InChI is InChI=1S/2C26H23N3O6/c30-10-16-22(31)23(32)24(33)26(35-16)29-15-8-4-2-6-12(15)17-13-9-27-25(34)19(13)18-11-5-1-3-7-14(11)28-20(18)21(17)29;30-10-16-22(31)23(32)24(33)26(35-16)29-15-8-4-2-6-12(15)18-19-13(9-27-25(19)34)17-11-5-1-3-7-14(11)28-20(17)21(18)29/h2*1-8,16,22-24,26,28,30-33H,9-10H2,(H,27,34)/t2*16-,22-,23+,24-,26-/m11/s1. The van der Waals surface area contributed by atoms with Crippen LogP contribution in [0, 0.1) is 0 Å². The maximum Gasteiger partial charge on any atom is 0.252 e. The highest BCUT2D eigenvalue weighted by Crippen LogP contribution is 2.48. The zero-order chi connectivity index (χ0) is 48.0. The minimum absolute atomic E-state index is 0.138. The number of para-hydroxylation sites is 4. The number of carbonyl (C=O) groups is 2. The van der Waals surface area contributed by atoms with Crippen LogP contribution >= 0.6 is 0 Å². The van der Waals surface area contributed by atoms with Crippen molar-refractivity contribution in [2.45, 2.75) is 74.4 Å². The first-order chi connectivity index (χ1) is 34.0. The minimum atomic E-state index is -1.53. The molecule has 4 aliphatic rings. The average molecular weight is 947 g/mol. The van der Waals surface area contributed by atoms with Crippen LogP contribution in [0.2, 0.25) is 0 Å². The van der Waals surface area contributed by atoms with E-state index < -0.39 is 74.5 Å². The Balaban J connectivity index is 0.000000137. The van der Waals surface area contributed by atoms with E-state index in [0.717, 1.165) is 81.8 Å². The van der Waals surface area contributed by atoms with E-state index in [1.807, 2.05) is 102 Å². The van der Waals surface area contributed by atoms with E-state index in [2.05, 4.69) is 20.6 Å². The Morgan fingerprint density at radius 3 is 1.39 bits per heavy atom. The van der Waals surface area contributed by atoms with Gasteiger partial charge in [0.05, 0.1) is 57.4 Å². The summed E-state index contributed by atoms with van der Waals surface area (Å²) in [6.45, 7) is -0.281. The number of H-pyrrole nitrogens is 2. The third kappa shape index (κ3) is 5.79. The number of hydrogen-bond donors (Lipinski definition) is 12. The summed E-state index contributed by atoms with van der Waals surface area (Å²) in [6.07, 6.45) is -13.2. The molecule has 4 aliphatic heterocycles. The van der Waals surface area contributed by atoms with E-state index in [1.54, 1.807) is 4.57 Å². The van der Waals surface area contributed by atoms with Crippen molar-refractivity contribution in [3.05, 3.63) is 119 Å². The lowest BCUT2D eigenvalue weighted by Gasteiger charge is -2.41. The van der Waals surface area contributed by atoms with Gasteiger partial charge in [-0.25, -0.2) is 0 Å². The van der Waals surface area contributed by atoms with Crippen LogP contribution in [0.1, 0.15) is 44.3 Å². The molecular weight excluding hydrogens is 901 g/mol. The molecule has 8 heterocycles. The first kappa shape index (κ1) is 43.1. The van der Waals surface area contributed by atoms with Crippen molar-refractivity contribution in [3.63, 3.8) is 0 Å². The summed E-state index contributed by atoms with van der Waals surface area (Å²) in [5.74, 6) is -0.310. The SMILES string of the molecule is O=C1NCc2c1c1c3ccccc3[nH]c1c1c2c2ccccc2n1[C@@H]1O[C@H](CO)[C@@H](O)[C@H](O)[C@H]1O.O=C1NCc2c1c1c3ccccc3n([C@@H]3O[C@H](CO)[C@@H](O)[C@H](O)[C@H]3O)c1c1[nH]c3ccccc3c21. The maximum absolute atomic E-state index is 13.2. The van der Waals surface area contributed by atoms with Gasteiger partial charge >= 0.3 is 0 Å². The third-order valence-electron chi connectivity index (χ3n) is 15.0. The molecule has 18 heteroatoms. The Kier molecular flexibility index (Phi) is 9.72. The number of aliphatic hydroxyl groups excluding tert-OH is 8. The van der Waals surface area contributed by atoms with Gasteiger partial charge in [-0.1, -0.05) is 72.8 Å². The van der Waals surface area contributed by atoms with E-state index in [4.69, 9.17) is 9.47 Å². The van der Waals surface area contributed by atoms with Crippen molar-refractivity contribution in [1.82, 2.24) is 29.7 Å².